The molecule has 3 nitrogen and oxygen atoms in total. The van der Waals surface area contributed by atoms with Crippen LogP contribution in [0.25, 0.3) is 0 Å². The van der Waals surface area contributed by atoms with Crippen LogP contribution in [0.15, 0.2) is 12.7 Å². The Balaban J connectivity index is 2.81. The summed E-state index contributed by atoms with van der Waals surface area (Å²) in [5.41, 5.74) is 0. The maximum atomic E-state index is 5.32. The van der Waals surface area contributed by atoms with E-state index in [1.165, 1.54) is 6.42 Å². The lowest BCUT2D eigenvalue weighted by atomic mass is 10.3. The number of methoxy groups -OCH3 is 1. The van der Waals surface area contributed by atoms with Gasteiger partial charge in [0.05, 0.1) is 13.2 Å². The molecule has 0 rings (SSSR count). The fourth-order valence-electron chi connectivity index (χ4n) is 1.04. The van der Waals surface area contributed by atoms with Gasteiger partial charge in [-0.25, -0.2) is 0 Å². The van der Waals surface area contributed by atoms with Crippen molar-refractivity contribution in [1.29, 1.82) is 0 Å². The molecule has 0 saturated carbocycles. The first-order valence-corrected chi connectivity index (χ1v) is 5.30. The lowest BCUT2D eigenvalue weighted by Crippen LogP contribution is -2.18. The minimum atomic E-state index is 0.687. The molecule has 0 aromatic carbocycles. The standard InChI is InChI=1S/C11H23NO2/c1-3-4-5-7-12-8-6-9-14-11-10-13-2/h3,12H,1,4-11H2,2H3. The van der Waals surface area contributed by atoms with Gasteiger partial charge in [0, 0.05) is 13.7 Å². The molecule has 0 atom stereocenters. The third-order valence-corrected chi connectivity index (χ3v) is 1.84. The van der Waals surface area contributed by atoms with E-state index < -0.39 is 0 Å². The van der Waals surface area contributed by atoms with E-state index >= 15 is 0 Å². The van der Waals surface area contributed by atoms with Crippen LogP contribution in [0.5, 0.6) is 0 Å². The molecule has 84 valence electrons. The summed E-state index contributed by atoms with van der Waals surface area (Å²) in [6.45, 7) is 7.99. The zero-order valence-corrected chi connectivity index (χ0v) is 9.26. The van der Waals surface area contributed by atoms with Gasteiger partial charge in [-0.05, 0) is 32.4 Å². The van der Waals surface area contributed by atoms with E-state index in [1.807, 2.05) is 6.08 Å². The van der Waals surface area contributed by atoms with Gasteiger partial charge in [-0.1, -0.05) is 6.08 Å². The molecule has 0 spiro atoms. The first-order valence-electron chi connectivity index (χ1n) is 5.30. The lowest BCUT2D eigenvalue weighted by molar-refractivity contribution is 0.0695. The van der Waals surface area contributed by atoms with Crippen molar-refractivity contribution in [3.8, 4) is 0 Å². The molecular weight excluding hydrogens is 178 g/mol. The van der Waals surface area contributed by atoms with Crippen molar-refractivity contribution in [3.05, 3.63) is 12.7 Å². The smallest absolute Gasteiger partial charge is 0.0700 e. The van der Waals surface area contributed by atoms with Gasteiger partial charge in [-0.15, -0.1) is 6.58 Å². The van der Waals surface area contributed by atoms with E-state index in [0.717, 1.165) is 32.5 Å². The predicted octanol–water partition coefficient (Wildman–Crippen LogP) is 1.60. The monoisotopic (exact) mass is 201 g/mol. The van der Waals surface area contributed by atoms with Crippen molar-refractivity contribution < 1.29 is 9.47 Å². The Kier molecular flexibility index (Phi) is 12.3. The average Bonchev–Trinajstić information content (AvgIpc) is 2.21. The summed E-state index contributed by atoms with van der Waals surface area (Å²) in [5, 5.41) is 3.35. The van der Waals surface area contributed by atoms with Crippen molar-refractivity contribution in [2.45, 2.75) is 19.3 Å². The summed E-state index contributed by atoms with van der Waals surface area (Å²) in [5.74, 6) is 0. The van der Waals surface area contributed by atoms with Crippen LogP contribution in [0.1, 0.15) is 19.3 Å². The van der Waals surface area contributed by atoms with Crippen LogP contribution >= 0.6 is 0 Å². The predicted molar refractivity (Wildman–Crippen MR) is 59.6 cm³/mol. The Morgan fingerprint density at radius 3 is 2.64 bits per heavy atom. The second kappa shape index (κ2) is 12.6. The molecule has 1 N–H and O–H groups in total. The summed E-state index contributed by atoms with van der Waals surface area (Å²) in [4.78, 5) is 0. The fourth-order valence-corrected chi connectivity index (χ4v) is 1.04. The maximum absolute atomic E-state index is 5.32. The van der Waals surface area contributed by atoms with Gasteiger partial charge in [0.15, 0.2) is 0 Å². The molecule has 0 heterocycles. The third kappa shape index (κ3) is 11.6. The molecule has 0 aliphatic heterocycles. The van der Waals surface area contributed by atoms with E-state index in [1.54, 1.807) is 7.11 Å². The summed E-state index contributed by atoms with van der Waals surface area (Å²) >= 11 is 0. The molecule has 0 amide bonds. The SMILES string of the molecule is C=CCCCNCCCOCCOC. The van der Waals surface area contributed by atoms with Crippen LogP contribution < -0.4 is 5.32 Å². The highest BCUT2D eigenvalue weighted by Crippen LogP contribution is 1.87. The normalized spacial score (nSPS) is 10.4. The van der Waals surface area contributed by atoms with Crippen molar-refractivity contribution in [3.63, 3.8) is 0 Å². The number of hydrogen-bond donors (Lipinski definition) is 1. The van der Waals surface area contributed by atoms with E-state index in [4.69, 9.17) is 9.47 Å². The summed E-state index contributed by atoms with van der Waals surface area (Å²) in [7, 11) is 1.69. The Morgan fingerprint density at radius 2 is 1.93 bits per heavy atom. The first-order chi connectivity index (χ1) is 6.91. The van der Waals surface area contributed by atoms with Gasteiger partial charge in [0.25, 0.3) is 0 Å². The molecule has 0 unspecified atom stereocenters. The molecule has 0 bridgehead atoms. The number of unbranched alkanes of at least 4 members (excludes halogenated alkanes) is 1. The Bertz CT molecular complexity index is 118. The van der Waals surface area contributed by atoms with Crippen molar-refractivity contribution in [1.82, 2.24) is 5.32 Å². The van der Waals surface area contributed by atoms with Gasteiger partial charge >= 0.3 is 0 Å². The van der Waals surface area contributed by atoms with Gasteiger partial charge in [-0.2, -0.15) is 0 Å². The number of hydrogen-bond acceptors (Lipinski definition) is 3. The Morgan fingerprint density at radius 1 is 1.14 bits per heavy atom. The zero-order chi connectivity index (χ0) is 10.5. The van der Waals surface area contributed by atoms with E-state index in [2.05, 4.69) is 11.9 Å². The highest BCUT2D eigenvalue weighted by molar-refractivity contribution is 4.66. The van der Waals surface area contributed by atoms with Crippen molar-refractivity contribution in [2.75, 3.05) is 40.0 Å². The average molecular weight is 201 g/mol. The van der Waals surface area contributed by atoms with E-state index in [0.29, 0.717) is 13.2 Å². The fraction of sp³-hybridized carbons (Fsp3) is 0.818. The van der Waals surface area contributed by atoms with Crippen LogP contribution in [0, 0.1) is 0 Å². The second-order valence-corrected chi connectivity index (χ2v) is 3.14. The second-order valence-electron chi connectivity index (χ2n) is 3.14. The minimum absolute atomic E-state index is 0.687. The summed E-state index contributed by atoms with van der Waals surface area (Å²) in [6, 6.07) is 0. The largest absolute Gasteiger partial charge is 0.382 e. The van der Waals surface area contributed by atoms with E-state index in [9.17, 15) is 0 Å². The first kappa shape index (κ1) is 13.6. The maximum Gasteiger partial charge on any atom is 0.0700 e. The van der Waals surface area contributed by atoms with Crippen LogP contribution in [0.4, 0.5) is 0 Å². The number of ether oxygens (including phenoxy) is 2. The van der Waals surface area contributed by atoms with Crippen molar-refractivity contribution >= 4 is 0 Å². The molecule has 0 aromatic heterocycles. The highest BCUT2D eigenvalue weighted by atomic mass is 16.5. The molecular formula is C11H23NO2. The molecule has 3 heteroatoms. The molecule has 0 aliphatic carbocycles. The zero-order valence-electron chi connectivity index (χ0n) is 9.26. The van der Waals surface area contributed by atoms with Crippen LogP contribution in [-0.2, 0) is 9.47 Å². The van der Waals surface area contributed by atoms with Crippen molar-refractivity contribution in [2.24, 2.45) is 0 Å². The summed E-state index contributed by atoms with van der Waals surface area (Å²) in [6.07, 6.45) is 5.29. The summed E-state index contributed by atoms with van der Waals surface area (Å²) < 4.78 is 10.2. The molecule has 0 radical (unpaired) electrons. The Hall–Kier alpha value is -0.380. The molecule has 0 fully saturated rings. The highest BCUT2D eigenvalue weighted by Gasteiger charge is 1.89. The topological polar surface area (TPSA) is 30.5 Å². The van der Waals surface area contributed by atoms with Crippen LogP contribution in [0.2, 0.25) is 0 Å². The molecule has 0 aromatic rings. The van der Waals surface area contributed by atoms with Gasteiger partial charge in [0.2, 0.25) is 0 Å². The van der Waals surface area contributed by atoms with Gasteiger partial charge < -0.3 is 14.8 Å². The van der Waals surface area contributed by atoms with Crippen LogP contribution in [-0.4, -0.2) is 40.0 Å². The number of allylic oxidation sites excluding steroid dienone is 1. The van der Waals surface area contributed by atoms with E-state index in [-0.39, 0.29) is 0 Å². The minimum Gasteiger partial charge on any atom is -0.382 e. The quantitative estimate of drug-likeness (QED) is 0.407. The number of rotatable bonds is 11. The van der Waals surface area contributed by atoms with Gasteiger partial charge in [0.1, 0.15) is 0 Å². The molecule has 0 aliphatic rings. The number of nitrogens with one attached hydrogen (secondary N) is 1. The third-order valence-electron chi connectivity index (χ3n) is 1.84. The van der Waals surface area contributed by atoms with Gasteiger partial charge in [-0.3, -0.25) is 0 Å². The Labute approximate surface area is 87.5 Å². The molecule has 14 heavy (non-hydrogen) atoms. The molecule has 0 saturated heterocycles. The van der Waals surface area contributed by atoms with Crippen LogP contribution in [0.3, 0.4) is 0 Å². The lowest BCUT2D eigenvalue weighted by Gasteiger charge is -2.04.